The molecule has 3 rings (SSSR count). The maximum Gasteiger partial charge on any atom is 0.248 e. The first-order valence-electron chi connectivity index (χ1n) is 6.97. The third kappa shape index (κ3) is 3.04. The third-order valence-corrected chi connectivity index (χ3v) is 3.27. The Morgan fingerprint density at radius 3 is 2.63 bits per heavy atom. The van der Waals surface area contributed by atoms with Gasteiger partial charge in [0.05, 0.1) is 0 Å². The Hall–Kier alpha value is -1.61. The predicted molar refractivity (Wildman–Crippen MR) is 78.4 cm³/mol. The molecule has 1 aliphatic carbocycles. The second-order valence-corrected chi connectivity index (χ2v) is 5.15. The standard InChI is InChI=1S/C13H14N2O.C3H8/c1-8-6-10-7-9-4-2-3-5-11(9)14-12(10)15-13(8)16;1-3-2/h2-7,9,11-12,14H,1H3,(H,15,16);3H2,1-2H3. The number of carbonyl (C=O) groups is 1. The van der Waals surface area contributed by atoms with Gasteiger partial charge in [-0.1, -0.05) is 50.6 Å². The van der Waals surface area contributed by atoms with Crippen molar-refractivity contribution in [2.24, 2.45) is 5.92 Å². The number of fused-ring (bicyclic) bond motifs is 2. The Kier molecular flexibility index (Phi) is 4.38. The SMILES string of the molecule is CC1=CC2=CC3C=CC=CC3NC2NC1=O.CCC. The van der Waals surface area contributed by atoms with Crippen LogP contribution in [-0.2, 0) is 4.79 Å². The zero-order valence-electron chi connectivity index (χ0n) is 11.8. The Morgan fingerprint density at radius 2 is 1.89 bits per heavy atom. The molecule has 19 heavy (non-hydrogen) atoms. The van der Waals surface area contributed by atoms with Gasteiger partial charge in [0.15, 0.2) is 0 Å². The fraction of sp³-hybridized carbons (Fsp3) is 0.438. The van der Waals surface area contributed by atoms with E-state index in [1.807, 2.05) is 19.1 Å². The van der Waals surface area contributed by atoms with Gasteiger partial charge in [-0.05, 0) is 18.6 Å². The molecule has 3 atom stereocenters. The van der Waals surface area contributed by atoms with Crippen molar-refractivity contribution in [3.8, 4) is 0 Å². The van der Waals surface area contributed by atoms with Crippen molar-refractivity contribution < 1.29 is 4.79 Å². The molecular formula is C16H22N2O. The van der Waals surface area contributed by atoms with Crippen molar-refractivity contribution in [1.29, 1.82) is 0 Å². The molecule has 3 nitrogen and oxygen atoms in total. The summed E-state index contributed by atoms with van der Waals surface area (Å²) < 4.78 is 0. The molecule has 0 aromatic heterocycles. The fourth-order valence-corrected chi connectivity index (χ4v) is 2.37. The molecule has 0 radical (unpaired) electrons. The van der Waals surface area contributed by atoms with E-state index in [-0.39, 0.29) is 12.1 Å². The van der Waals surface area contributed by atoms with Gasteiger partial charge in [0.1, 0.15) is 6.17 Å². The largest absolute Gasteiger partial charge is 0.333 e. The highest BCUT2D eigenvalue weighted by molar-refractivity contribution is 5.95. The van der Waals surface area contributed by atoms with Crippen LogP contribution in [0.3, 0.4) is 0 Å². The molecule has 0 saturated carbocycles. The summed E-state index contributed by atoms with van der Waals surface area (Å²) in [7, 11) is 0. The lowest BCUT2D eigenvalue weighted by Crippen LogP contribution is -2.56. The molecule has 2 N–H and O–H groups in total. The van der Waals surface area contributed by atoms with Gasteiger partial charge in [0, 0.05) is 17.5 Å². The number of allylic oxidation sites excluding steroid dienone is 2. The van der Waals surface area contributed by atoms with E-state index in [2.05, 4.69) is 48.8 Å². The van der Waals surface area contributed by atoms with E-state index in [1.165, 1.54) is 12.0 Å². The number of hydrogen-bond donors (Lipinski definition) is 2. The van der Waals surface area contributed by atoms with Crippen molar-refractivity contribution in [3.05, 3.63) is 47.6 Å². The highest BCUT2D eigenvalue weighted by Crippen LogP contribution is 2.25. The minimum atomic E-state index is -0.0337. The van der Waals surface area contributed by atoms with Crippen LogP contribution in [0.1, 0.15) is 27.2 Å². The van der Waals surface area contributed by atoms with Gasteiger partial charge in [0.2, 0.25) is 5.91 Å². The molecule has 0 saturated heterocycles. The van der Waals surface area contributed by atoms with Crippen molar-refractivity contribution in [2.45, 2.75) is 39.4 Å². The molecule has 2 aliphatic heterocycles. The Balaban J connectivity index is 0.000000408. The smallest absolute Gasteiger partial charge is 0.248 e. The molecular weight excluding hydrogens is 236 g/mol. The topological polar surface area (TPSA) is 41.1 Å². The molecule has 0 fully saturated rings. The molecule has 3 heteroatoms. The predicted octanol–water partition coefficient (Wildman–Crippen LogP) is 2.45. The fourth-order valence-electron chi connectivity index (χ4n) is 2.37. The van der Waals surface area contributed by atoms with Crippen LogP contribution in [0, 0.1) is 5.92 Å². The van der Waals surface area contributed by atoms with Crippen molar-refractivity contribution in [1.82, 2.24) is 10.6 Å². The second-order valence-electron chi connectivity index (χ2n) is 5.15. The van der Waals surface area contributed by atoms with E-state index in [0.717, 1.165) is 5.57 Å². The average molecular weight is 258 g/mol. The van der Waals surface area contributed by atoms with Crippen LogP contribution in [0.25, 0.3) is 0 Å². The summed E-state index contributed by atoms with van der Waals surface area (Å²) in [6.45, 7) is 6.09. The van der Waals surface area contributed by atoms with Crippen LogP contribution in [0.15, 0.2) is 47.6 Å². The zero-order chi connectivity index (χ0) is 13.8. The average Bonchev–Trinajstić information content (AvgIpc) is 2.39. The monoisotopic (exact) mass is 258 g/mol. The molecule has 0 aromatic carbocycles. The molecule has 1 amide bonds. The van der Waals surface area contributed by atoms with E-state index < -0.39 is 0 Å². The van der Waals surface area contributed by atoms with Gasteiger partial charge in [0.25, 0.3) is 0 Å². The highest BCUT2D eigenvalue weighted by Gasteiger charge is 2.31. The maximum absolute atomic E-state index is 11.5. The van der Waals surface area contributed by atoms with Crippen LogP contribution >= 0.6 is 0 Å². The van der Waals surface area contributed by atoms with Gasteiger partial charge in [-0.15, -0.1) is 0 Å². The minimum absolute atomic E-state index is 0.0171. The van der Waals surface area contributed by atoms with Gasteiger partial charge in [-0.3, -0.25) is 10.1 Å². The summed E-state index contributed by atoms with van der Waals surface area (Å²) in [5.74, 6) is 0.415. The number of carbonyl (C=O) groups excluding carboxylic acids is 1. The van der Waals surface area contributed by atoms with E-state index in [4.69, 9.17) is 0 Å². The lowest BCUT2D eigenvalue weighted by molar-refractivity contribution is -0.118. The van der Waals surface area contributed by atoms with Crippen molar-refractivity contribution in [2.75, 3.05) is 0 Å². The van der Waals surface area contributed by atoms with Gasteiger partial charge < -0.3 is 5.32 Å². The molecule has 0 spiro atoms. The number of hydrogen-bond acceptors (Lipinski definition) is 2. The summed E-state index contributed by atoms with van der Waals surface area (Å²) in [5.41, 5.74) is 1.94. The molecule has 0 bridgehead atoms. The van der Waals surface area contributed by atoms with Gasteiger partial charge in [-0.25, -0.2) is 0 Å². The lowest BCUT2D eigenvalue weighted by Gasteiger charge is -2.37. The van der Waals surface area contributed by atoms with Gasteiger partial charge >= 0.3 is 0 Å². The first-order chi connectivity index (χ1) is 9.15. The normalized spacial score (nSPS) is 31.1. The molecule has 102 valence electrons. The first kappa shape index (κ1) is 13.8. The van der Waals surface area contributed by atoms with E-state index >= 15 is 0 Å². The summed E-state index contributed by atoms with van der Waals surface area (Å²) in [4.78, 5) is 11.5. The van der Waals surface area contributed by atoms with E-state index in [9.17, 15) is 4.79 Å². The van der Waals surface area contributed by atoms with Crippen LogP contribution in [0.5, 0.6) is 0 Å². The van der Waals surface area contributed by atoms with Crippen LogP contribution in [-0.4, -0.2) is 18.1 Å². The molecule has 3 unspecified atom stereocenters. The third-order valence-electron chi connectivity index (χ3n) is 3.27. The number of amides is 1. The summed E-state index contributed by atoms with van der Waals surface area (Å²) >= 11 is 0. The quantitative estimate of drug-likeness (QED) is 0.700. The maximum atomic E-state index is 11.5. The van der Waals surface area contributed by atoms with Crippen molar-refractivity contribution in [3.63, 3.8) is 0 Å². The lowest BCUT2D eigenvalue weighted by atomic mass is 9.86. The Labute approximate surface area is 115 Å². The summed E-state index contributed by atoms with van der Waals surface area (Å²) in [5, 5.41) is 6.38. The molecule has 3 aliphatic rings. The number of rotatable bonds is 0. The Bertz CT molecular complexity index is 471. The van der Waals surface area contributed by atoms with E-state index in [0.29, 0.717) is 12.0 Å². The summed E-state index contributed by atoms with van der Waals surface area (Å²) in [6.07, 6.45) is 13.8. The van der Waals surface area contributed by atoms with Crippen LogP contribution < -0.4 is 10.6 Å². The van der Waals surface area contributed by atoms with E-state index in [1.54, 1.807) is 0 Å². The minimum Gasteiger partial charge on any atom is -0.333 e. The Morgan fingerprint density at radius 1 is 1.21 bits per heavy atom. The molecule has 2 heterocycles. The van der Waals surface area contributed by atoms with Crippen LogP contribution in [0.4, 0.5) is 0 Å². The second kappa shape index (κ2) is 6.02. The van der Waals surface area contributed by atoms with Crippen LogP contribution in [0.2, 0.25) is 0 Å². The van der Waals surface area contributed by atoms with Crippen molar-refractivity contribution >= 4 is 5.91 Å². The zero-order valence-corrected chi connectivity index (χ0v) is 11.8. The highest BCUT2D eigenvalue weighted by atomic mass is 16.1. The first-order valence-corrected chi connectivity index (χ1v) is 6.97. The molecule has 0 aromatic rings. The summed E-state index contributed by atoms with van der Waals surface area (Å²) in [6, 6.07) is 0.297. The number of nitrogens with one attached hydrogen (secondary N) is 2. The van der Waals surface area contributed by atoms with Gasteiger partial charge in [-0.2, -0.15) is 0 Å².